The lowest BCUT2D eigenvalue weighted by atomic mass is 9.90. The molecule has 0 saturated carbocycles. The molecule has 0 radical (unpaired) electrons. The number of hydrogen-bond donors (Lipinski definition) is 0. The highest BCUT2D eigenvalue weighted by atomic mass is 15.1. The number of aryl methyl sites for hydroxylation is 1. The SMILES string of the molecule is C=Cc1ccc(CCCCC2CCN(C(=C)C)CC2)cc1. The quantitative estimate of drug-likeness (QED) is 0.615. The lowest BCUT2D eigenvalue weighted by Crippen LogP contribution is -2.31. The molecular weight excluding hydrogens is 254 g/mol. The molecule has 0 atom stereocenters. The minimum absolute atomic E-state index is 0.934. The van der Waals surface area contributed by atoms with E-state index < -0.39 is 0 Å². The van der Waals surface area contributed by atoms with Gasteiger partial charge < -0.3 is 4.90 Å². The second kappa shape index (κ2) is 8.07. The molecule has 0 aromatic heterocycles. The van der Waals surface area contributed by atoms with Gasteiger partial charge in [0.15, 0.2) is 0 Å². The molecule has 114 valence electrons. The summed E-state index contributed by atoms with van der Waals surface area (Å²) in [5.41, 5.74) is 3.90. The zero-order valence-electron chi connectivity index (χ0n) is 13.5. The van der Waals surface area contributed by atoms with Gasteiger partial charge in [-0.05, 0) is 49.7 Å². The Kier molecular flexibility index (Phi) is 6.10. The Morgan fingerprint density at radius 1 is 1.19 bits per heavy atom. The van der Waals surface area contributed by atoms with Gasteiger partial charge in [0, 0.05) is 18.8 Å². The number of hydrogen-bond acceptors (Lipinski definition) is 1. The first-order chi connectivity index (χ1) is 10.2. The summed E-state index contributed by atoms with van der Waals surface area (Å²) in [7, 11) is 0. The summed E-state index contributed by atoms with van der Waals surface area (Å²) < 4.78 is 0. The van der Waals surface area contributed by atoms with Crippen LogP contribution in [0.15, 0.2) is 43.1 Å². The fourth-order valence-electron chi connectivity index (χ4n) is 3.19. The van der Waals surface area contributed by atoms with E-state index in [2.05, 4.69) is 49.2 Å². The molecule has 1 aliphatic rings. The van der Waals surface area contributed by atoms with Crippen LogP contribution < -0.4 is 0 Å². The van der Waals surface area contributed by atoms with E-state index in [4.69, 9.17) is 0 Å². The molecule has 0 N–H and O–H groups in total. The van der Waals surface area contributed by atoms with Crippen LogP contribution in [0.3, 0.4) is 0 Å². The van der Waals surface area contributed by atoms with Crippen LogP contribution in [0.1, 0.15) is 50.2 Å². The highest BCUT2D eigenvalue weighted by Crippen LogP contribution is 2.24. The van der Waals surface area contributed by atoms with Crippen LogP contribution in [-0.2, 0) is 6.42 Å². The molecular formula is C20H29N. The van der Waals surface area contributed by atoms with E-state index >= 15 is 0 Å². The van der Waals surface area contributed by atoms with Crippen LogP contribution in [0.4, 0.5) is 0 Å². The molecule has 1 aromatic rings. The van der Waals surface area contributed by atoms with Gasteiger partial charge in [-0.25, -0.2) is 0 Å². The van der Waals surface area contributed by atoms with Crippen molar-refractivity contribution in [1.82, 2.24) is 4.90 Å². The van der Waals surface area contributed by atoms with Crippen molar-refractivity contribution in [3.8, 4) is 0 Å². The van der Waals surface area contributed by atoms with E-state index in [0.717, 1.165) is 5.92 Å². The number of benzene rings is 1. The van der Waals surface area contributed by atoms with Crippen molar-refractivity contribution >= 4 is 6.08 Å². The monoisotopic (exact) mass is 283 g/mol. The second-order valence-corrected chi connectivity index (χ2v) is 6.36. The molecule has 1 heteroatoms. The predicted molar refractivity (Wildman–Crippen MR) is 93.2 cm³/mol. The van der Waals surface area contributed by atoms with Gasteiger partial charge in [-0.15, -0.1) is 0 Å². The van der Waals surface area contributed by atoms with Gasteiger partial charge in [-0.2, -0.15) is 0 Å². The van der Waals surface area contributed by atoms with Gasteiger partial charge in [0.1, 0.15) is 0 Å². The molecule has 0 amide bonds. The van der Waals surface area contributed by atoms with Crippen molar-refractivity contribution < 1.29 is 0 Å². The zero-order valence-corrected chi connectivity index (χ0v) is 13.5. The summed E-state index contributed by atoms with van der Waals surface area (Å²) >= 11 is 0. The maximum absolute atomic E-state index is 4.04. The standard InChI is InChI=1S/C20H29N/c1-4-18-9-11-19(12-10-18)7-5-6-8-20-13-15-21(16-14-20)17(2)3/h4,9-12,20H,1-2,5-8,13-16H2,3H3. The Bertz CT molecular complexity index is 449. The molecule has 21 heavy (non-hydrogen) atoms. The fraction of sp³-hybridized carbons (Fsp3) is 0.500. The van der Waals surface area contributed by atoms with Crippen LogP contribution in [0.25, 0.3) is 6.08 Å². The molecule has 0 bridgehead atoms. The fourth-order valence-corrected chi connectivity index (χ4v) is 3.19. The van der Waals surface area contributed by atoms with E-state index in [-0.39, 0.29) is 0 Å². The number of piperidine rings is 1. The van der Waals surface area contributed by atoms with Crippen LogP contribution >= 0.6 is 0 Å². The number of rotatable bonds is 7. The van der Waals surface area contributed by atoms with Crippen molar-refractivity contribution in [3.05, 3.63) is 54.2 Å². The Hall–Kier alpha value is -1.50. The Morgan fingerprint density at radius 3 is 2.43 bits per heavy atom. The summed E-state index contributed by atoms with van der Waals surface area (Å²) in [6, 6.07) is 8.80. The summed E-state index contributed by atoms with van der Waals surface area (Å²) in [6.07, 6.45) is 9.88. The third kappa shape index (κ3) is 5.08. The molecule has 2 rings (SSSR count). The van der Waals surface area contributed by atoms with E-state index in [1.54, 1.807) is 0 Å². The minimum Gasteiger partial charge on any atom is -0.376 e. The zero-order chi connectivity index (χ0) is 15.1. The molecule has 0 spiro atoms. The number of nitrogens with zero attached hydrogens (tertiary/aromatic N) is 1. The molecule has 1 saturated heterocycles. The third-order valence-corrected chi connectivity index (χ3v) is 4.70. The van der Waals surface area contributed by atoms with Gasteiger partial charge in [-0.3, -0.25) is 0 Å². The number of allylic oxidation sites excluding steroid dienone is 1. The van der Waals surface area contributed by atoms with Crippen LogP contribution in [0, 0.1) is 5.92 Å². The van der Waals surface area contributed by atoms with Crippen molar-refractivity contribution in [2.24, 2.45) is 5.92 Å². The minimum atomic E-state index is 0.934. The van der Waals surface area contributed by atoms with Gasteiger partial charge in [-0.1, -0.05) is 56.3 Å². The number of unbranched alkanes of at least 4 members (excludes halogenated alkanes) is 1. The Balaban J connectivity index is 1.61. The van der Waals surface area contributed by atoms with Gasteiger partial charge >= 0.3 is 0 Å². The topological polar surface area (TPSA) is 3.24 Å². The smallest absolute Gasteiger partial charge is 0.0177 e. The lowest BCUT2D eigenvalue weighted by molar-refractivity contribution is 0.217. The van der Waals surface area contributed by atoms with Crippen molar-refractivity contribution in [3.63, 3.8) is 0 Å². The molecule has 1 heterocycles. The molecule has 1 fully saturated rings. The third-order valence-electron chi connectivity index (χ3n) is 4.70. The average molecular weight is 283 g/mol. The van der Waals surface area contributed by atoms with Crippen LogP contribution in [0.2, 0.25) is 0 Å². The highest BCUT2D eigenvalue weighted by Gasteiger charge is 2.18. The first-order valence-electron chi connectivity index (χ1n) is 8.31. The largest absolute Gasteiger partial charge is 0.376 e. The van der Waals surface area contributed by atoms with E-state index in [9.17, 15) is 0 Å². The summed E-state index contributed by atoms with van der Waals surface area (Å²) in [5.74, 6) is 0.934. The first-order valence-corrected chi connectivity index (χ1v) is 8.31. The van der Waals surface area contributed by atoms with Crippen LogP contribution in [-0.4, -0.2) is 18.0 Å². The maximum atomic E-state index is 4.04. The molecule has 1 nitrogen and oxygen atoms in total. The Morgan fingerprint density at radius 2 is 1.86 bits per heavy atom. The van der Waals surface area contributed by atoms with E-state index in [0.29, 0.717) is 0 Å². The van der Waals surface area contributed by atoms with Crippen molar-refractivity contribution in [2.75, 3.05) is 13.1 Å². The first kappa shape index (κ1) is 15.9. The van der Waals surface area contributed by atoms with Crippen molar-refractivity contribution in [2.45, 2.75) is 45.4 Å². The average Bonchev–Trinajstić information content (AvgIpc) is 2.52. The normalized spacial score (nSPS) is 16.0. The highest BCUT2D eigenvalue weighted by molar-refractivity contribution is 5.47. The van der Waals surface area contributed by atoms with Gasteiger partial charge in [0.2, 0.25) is 0 Å². The summed E-state index contributed by atoms with van der Waals surface area (Å²) in [5, 5.41) is 0. The van der Waals surface area contributed by atoms with Gasteiger partial charge in [0.05, 0.1) is 0 Å². The number of likely N-dealkylation sites (tertiary alicyclic amines) is 1. The molecule has 1 aliphatic heterocycles. The lowest BCUT2D eigenvalue weighted by Gasteiger charge is -2.33. The maximum Gasteiger partial charge on any atom is 0.0177 e. The molecule has 0 unspecified atom stereocenters. The molecule has 1 aromatic carbocycles. The summed E-state index contributed by atoms with van der Waals surface area (Å²) in [6.45, 7) is 12.4. The van der Waals surface area contributed by atoms with E-state index in [1.165, 1.54) is 68.4 Å². The van der Waals surface area contributed by atoms with Crippen molar-refractivity contribution in [1.29, 1.82) is 0 Å². The second-order valence-electron chi connectivity index (χ2n) is 6.36. The molecule has 0 aliphatic carbocycles. The Labute approximate surface area is 130 Å². The van der Waals surface area contributed by atoms with Crippen LogP contribution in [0.5, 0.6) is 0 Å². The summed E-state index contributed by atoms with van der Waals surface area (Å²) in [4.78, 5) is 2.43. The predicted octanol–water partition coefficient (Wildman–Crippen LogP) is 5.29. The van der Waals surface area contributed by atoms with E-state index in [1.807, 2.05) is 6.08 Å². The van der Waals surface area contributed by atoms with Gasteiger partial charge in [0.25, 0.3) is 0 Å².